The van der Waals surface area contributed by atoms with Crippen molar-refractivity contribution < 1.29 is 18.3 Å². The highest BCUT2D eigenvalue weighted by Crippen LogP contribution is 2.31. The number of nitrogens with zero attached hydrogens (tertiary/aromatic N) is 4. The van der Waals surface area contributed by atoms with Crippen molar-refractivity contribution >= 4 is 28.6 Å². The maximum absolute atomic E-state index is 15.6. The smallest absolute Gasteiger partial charge is 0.410 e. The molecule has 4 heterocycles. The summed E-state index contributed by atoms with van der Waals surface area (Å²) >= 11 is 0. The molecule has 198 valence electrons. The molecule has 0 N–H and O–H groups in total. The highest BCUT2D eigenvalue weighted by molar-refractivity contribution is 5.93. The number of ether oxygens (including phenoxy) is 1. The minimum absolute atomic E-state index is 0.0410. The van der Waals surface area contributed by atoms with Crippen LogP contribution in [0.15, 0.2) is 48.2 Å². The number of rotatable bonds is 3. The van der Waals surface area contributed by atoms with E-state index in [0.29, 0.717) is 53.7 Å². The zero-order chi connectivity index (χ0) is 27.4. The highest BCUT2D eigenvalue weighted by atomic mass is 19.1. The van der Waals surface area contributed by atoms with Gasteiger partial charge in [0.05, 0.1) is 11.1 Å². The zero-order valence-corrected chi connectivity index (χ0v) is 21.9. The van der Waals surface area contributed by atoms with Crippen molar-refractivity contribution in [1.82, 2.24) is 18.9 Å². The van der Waals surface area contributed by atoms with E-state index in [0.717, 1.165) is 0 Å². The molecule has 0 saturated carbocycles. The predicted octanol–water partition coefficient (Wildman–Crippen LogP) is 6.12. The standard InChI is InChI=1S/C29H30F2N4O3/c1-6-18-16-35(21-7-9-33(10-8-21)28(37)38-29(3,4)5)27(36)25-22(18)11-19(12-23(25)30)20-13-24(31)26-32-17(2)14-34(26)15-20/h6,11-16,21H,1,7-10H2,2-5H3. The third-order valence-corrected chi connectivity index (χ3v) is 6.82. The van der Waals surface area contributed by atoms with Crippen LogP contribution in [0, 0.1) is 18.6 Å². The summed E-state index contributed by atoms with van der Waals surface area (Å²) in [4.78, 5) is 31.7. The van der Waals surface area contributed by atoms with E-state index in [1.165, 1.54) is 12.1 Å². The van der Waals surface area contributed by atoms with E-state index in [1.807, 2.05) is 20.8 Å². The summed E-state index contributed by atoms with van der Waals surface area (Å²) in [5, 5.41) is 0.366. The van der Waals surface area contributed by atoms with Crippen LogP contribution in [0.25, 0.3) is 33.6 Å². The van der Waals surface area contributed by atoms with Gasteiger partial charge in [0.1, 0.15) is 11.4 Å². The molecule has 3 aromatic heterocycles. The third-order valence-electron chi connectivity index (χ3n) is 6.82. The Morgan fingerprint density at radius 3 is 2.42 bits per heavy atom. The lowest BCUT2D eigenvalue weighted by molar-refractivity contribution is 0.0187. The molecule has 0 atom stereocenters. The minimum atomic E-state index is -0.687. The van der Waals surface area contributed by atoms with Crippen LogP contribution in [0.1, 0.15) is 50.9 Å². The molecule has 38 heavy (non-hydrogen) atoms. The normalized spacial score (nSPS) is 14.8. The van der Waals surface area contributed by atoms with Gasteiger partial charge < -0.3 is 18.6 Å². The fourth-order valence-corrected chi connectivity index (χ4v) is 5.05. The van der Waals surface area contributed by atoms with E-state index in [4.69, 9.17) is 4.74 Å². The molecule has 0 bridgehead atoms. The zero-order valence-electron chi connectivity index (χ0n) is 21.9. The third kappa shape index (κ3) is 4.68. The van der Waals surface area contributed by atoms with Gasteiger partial charge in [-0.1, -0.05) is 12.7 Å². The van der Waals surface area contributed by atoms with Crippen molar-refractivity contribution in [3.05, 3.63) is 76.6 Å². The molecule has 1 aliphatic heterocycles. The molecular formula is C29H30F2N4O3. The first kappa shape index (κ1) is 25.6. The molecule has 5 rings (SSSR count). The molecule has 1 fully saturated rings. The fraction of sp³-hybridized carbons (Fsp3) is 0.345. The molecule has 1 aliphatic rings. The Labute approximate surface area is 219 Å². The Balaban J connectivity index is 1.51. The van der Waals surface area contributed by atoms with Gasteiger partial charge >= 0.3 is 6.09 Å². The van der Waals surface area contributed by atoms with Crippen molar-refractivity contribution in [2.24, 2.45) is 0 Å². The second-order valence-corrected chi connectivity index (χ2v) is 10.8. The van der Waals surface area contributed by atoms with Gasteiger partial charge in [-0.3, -0.25) is 4.79 Å². The summed E-state index contributed by atoms with van der Waals surface area (Å²) in [6, 6.07) is 4.06. The number of piperidine rings is 1. The van der Waals surface area contributed by atoms with Gasteiger partial charge in [-0.2, -0.15) is 0 Å². The number of aryl methyl sites for hydroxylation is 1. The molecule has 4 aromatic rings. The number of benzene rings is 1. The number of imidazole rings is 1. The summed E-state index contributed by atoms with van der Waals surface area (Å²) in [5.41, 5.74) is 1.31. The maximum atomic E-state index is 15.6. The average Bonchev–Trinajstić information content (AvgIpc) is 3.24. The number of halogens is 2. The van der Waals surface area contributed by atoms with E-state index < -0.39 is 22.8 Å². The molecule has 1 amide bonds. The quantitative estimate of drug-likeness (QED) is 0.327. The number of hydrogen-bond acceptors (Lipinski definition) is 4. The number of fused-ring (bicyclic) bond motifs is 2. The SMILES string of the molecule is C=Cc1cn(C2CCN(C(=O)OC(C)(C)C)CC2)c(=O)c2c(F)cc(-c3cc(F)c4nc(C)cn4c3)cc12. The Bertz CT molecular complexity index is 1640. The molecule has 1 aromatic carbocycles. The monoisotopic (exact) mass is 520 g/mol. The topological polar surface area (TPSA) is 68.8 Å². The van der Waals surface area contributed by atoms with Crippen LogP contribution < -0.4 is 5.56 Å². The summed E-state index contributed by atoms with van der Waals surface area (Å²) < 4.78 is 38.9. The molecule has 1 saturated heterocycles. The molecular weight excluding hydrogens is 490 g/mol. The molecule has 0 radical (unpaired) electrons. The summed E-state index contributed by atoms with van der Waals surface area (Å²) in [5.74, 6) is -1.21. The summed E-state index contributed by atoms with van der Waals surface area (Å²) in [7, 11) is 0. The van der Waals surface area contributed by atoms with Crippen molar-refractivity contribution in [3.63, 3.8) is 0 Å². The largest absolute Gasteiger partial charge is 0.444 e. The van der Waals surface area contributed by atoms with Crippen molar-refractivity contribution in [1.29, 1.82) is 0 Å². The fourth-order valence-electron chi connectivity index (χ4n) is 5.05. The van der Waals surface area contributed by atoms with Gasteiger partial charge in [0.25, 0.3) is 5.56 Å². The van der Waals surface area contributed by atoms with Gasteiger partial charge in [-0.05, 0) is 75.2 Å². The van der Waals surface area contributed by atoms with Crippen LogP contribution in [0.5, 0.6) is 0 Å². The average molecular weight is 521 g/mol. The van der Waals surface area contributed by atoms with Crippen LogP contribution in [-0.4, -0.2) is 43.6 Å². The number of aromatic nitrogens is 3. The lowest BCUT2D eigenvalue weighted by Crippen LogP contribution is -2.43. The Morgan fingerprint density at radius 1 is 1.08 bits per heavy atom. The van der Waals surface area contributed by atoms with Crippen molar-refractivity contribution in [2.45, 2.75) is 52.2 Å². The van der Waals surface area contributed by atoms with Gasteiger partial charge in [0.2, 0.25) is 0 Å². The second-order valence-electron chi connectivity index (χ2n) is 10.8. The first-order valence-electron chi connectivity index (χ1n) is 12.6. The summed E-state index contributed by atoms with van der Waals surface area (Å²) in [6.45, 7) is 11.9. The van der Waals surface area contributed by atoms with Gasteiger partial charge in [0.15, 0.2) is 11.5 Å². The van der Waals surface area contributed by atoms with Gasteiger partial charge in [-0.25, -0.2) is 18.6 Å². The van der Waals surface area contributed by atoms with Gasteiger partial charge in [-0.15, -0.1) is 0 Å². The predicted molar refractivity (Wildman–Crippen MR) is 143 cm³/mol. The lowest BCUT2D eigenvalue weighted by Gasteiger charge is -2.34. The Hall–Kier alpha value is -4.01. The van der Waals surface area contributed by atoms with Crippen LogP contribution in [0.4, 0.5) is 13.6 Å². The van der Waals surface area contributed by atoms with E-state index in [9.17, 15) is 14.0 Å². The Morgan fingerprint density at radius 2 is 1.76 bits per heavy atom. The number of amides is 1. The Kier molecular flexibility index (Phi) is 6.33. The van der Waals surface area contributed by atoms with Gasteiger partial charge in [0, 0.05) is 43.3 Å². The molecule has 0 aliphatic carbocycles. The van der Waals surface area contributed by atoms with Crippen LogP contribution in [0.2, 0.25) is 0 Å². The minimum Gasteiger partial charge on any atom is -0.444 e. The number of carbonyl (C=O) groups excluding carboxylic acids is 1. The van der Waals surface area contributed by atoms with Crippen molar-refractivity contribution in [3.8, 4) is 11.1 Å². The van der Waals surface area contributed by atoms with Crippen LogP contribution in [0.3, 0.4) is 0 Å². The molecule has 7 nitrogen and oxygen atoms in total. The number of carbonyl (C=O) groups is 1. The second kappa shape index (κ2) is 9.38. The number of pyridine rings is 2. The lowest BCUT2D eigenvalue weighted by atomic mass is 9.98. The summed E-state index contributed by atoms with van der Waals surface area (Å²) in [6.07, 6.45) is 7.34. The van der Waals surface area contributed by atoms with Crippen LogP contribution in [-0.2, 0) is 4.74 Å². The maximum Gasteiger partial charge on any atom is 0.410 e. The number of likely N-dealkylation sites (tertiary alicyclic amines) is 1. The first-order chi connectivity index (χ1) is 17.9. The molecule has 0 spiro atoms. The van der Waals surface area contributed by atoms with E-state index in [1.54, 1.807) is 51.5 Å². The van der Waals surface area contributed by atoms with Crippen molar-refractivity contribution in [2.75, 3.05) is 13.1 Å². The van der Waals surface area contributed by atoms with Crippen LogP contribution >= 0.6 is 0 Å². The van der Waals surface area contributed by atoms with E-state index in [-0.39, 0.29) is 23.2 Å². The molecule has 0 unspecified atom stereocenters. The molecule has 9 heteroatoms. The van der Waals surface area contributed by atoms with E-state index in [2.05, 4.69) is 11.6 Å². The first-order valence-corrected chi connectivity index (χ1v) is 12.6. The number of hydrogen-bond donors (Lipinski definition) is 0. The highest BCUT2D eigenvalue weighted by Gasteiger charge is 2.29. The van der Waals surface area contributed by atoms with E-state index >= 15 is 4.39 Å².